The summed E-state index contributed by atoms with van der Waals surface area (Å²) in [5.74, 6) is -0.170. The number of aromatic nitrogens is 2. The second-order valence-electron chi connectivity index (χ2n) is 12.4. The van der Waals surface area contributed by atoms with E-state index in [1.807, 2.05) is 10.9 Å². The summed E-state index contributed by atoms with van der Waals surface area (Å²) in [4.78, 5) is 26.0. The van der Waals surface area contributed by atoms with Crippen LogP contribution in [0.15, 0.2) is 36.0 Å². The zero-order valence-corrected chi connectivity index (χ0v) is 23.9. The van der Waals surface area contributed by atoms with E-state index in [-0.39, 0.29) is 46.5 Å². The van der Waals surface area contributed by atoms with Crippen molar-refractivity contribution in [1.82, 2.24) is 9.78 Å². The minimum atomic E-state index is -1.19. The third-order valence-corrected chi connectivity index (χ3v) is 11.4. The number of ether oxygens (including phenoxy) is 1. The number of halogens is 1. The highest BCUT2D eigenvalue weighted by atomic mass is 32.2. The van der Waals surface area contributed by atoms with Crippen molar-refractivity contribution in [2.45, 2.75) is 77.4 Å². The average Bonchev–Trinajstić information content (AvgIpc) is 3.44. The molecule has 0 unspecified atom stereocenters. The molecule has 0 bridgehead atoms. The Morgan fingerprint density at radius 1 is 1.23 bits per heavy atom. The fourth-order valence-electron chi connectivity index (χ4n) is 8.94. The summed E-state index contributed by atoms with van der Waals surface area (Å²) in [6, 6.07) is 6.38. The van der Waals surface area contributed by atoms with Gasteiger partial charge in [-0.05, 0) is 104 Å². The number of thioether (sulfide) groups is 1. The molecule has 8 heteroatoms. The Morgan fingerprint density at radius 2 is 1.97 bits per heavy atom. The number of carbonyl (C=O) groups is 2. The molecule has 7 atom stereocenters. The molecule has 1 N–H and O–H groups in total. The molecule has 39 heavy (non-hydrogen) atoms. The summed E-state index contributed by atoms with van der Waals surface area (Å²) in [5, 5.41) is 16.5. The molecule has 0 amide bonds. The van der Waals surface area contributed by atoms with Gasteiger partial charge in [-0.1, -0.05) is 38.1 Å². The molecule has 4 aliphatic rings. The number of aliphatic hydroxyl groups is 1. The maximum absolute atomic E-state index is 13.5. The number of hydrogen-bond donors (Lipinski definition) is 1. The number of aliphatic hydroxyl groups excluding tert-OH is 1. The molecule has 6 nitrogen and oxygen atoms in total. The van der Waals surface area contributed by atoms with Crippen molar-refractivity contribution >= 4 is 28.9 Å². The van der Waals surface area contributed by atoms with Crippen molar-refractivity contribution in [1.29, 1.82) is 0 Å². The number of hydrogen-bond acceptors (Lipinski definition) is 6. The maximum atomic E-state index is 13.5. The van der Waals surface area contributed by atoms with Crippen LogP contribution in [-0.4, -0.2) is 43.9 Å². The maximum Gasteiger partial charge on any atom is 0.306 e. The Bertz CT molecular complexity index is 1350. The largest absolute Gasteiger partial charge is 0.449 e. The topological polar surface area (TPSA) is 81.4 Å². The minimum Gasteiger partial charge on any atom is -0.449 e. The zero-order valence-electron chi connectivity index (χ0n) is 23.1. The van der Waals surface area contributed by atoms with Crippen LogP contribution in [0.25, 0.3) is 11.8 Å². The van der Waals surface area contributed by atoms with Crippen LogP contribution in [0.1, 0.15) is 70.6 Å². The van der Waals surface area contributed by atoms with Crippen molar-refractivity contribution in [2.75, 3.05) is 6.26 Å². The summed E-state index contributed by atoms with van der Waals surface area (Å²) < 4.78 is 21.5. The molecule has 1 aromatic carbocycles. The number of allylic oxidation sites excluding steroid dienone is 1. The van der Waals surface area contributed by atoms with Crippen LogP contribution in [0.2, 0.25) is 0 Å². The SMILES string of the molecule is CCC(=O)O[C@]1(C(=O)SC)CC[C@H]2[C@@H]3CCC4=Cc5c(cnn5-c5ccc(F)cc5)C[C@]4(C)[C@H]3[C@@H](O)C[C@@]21C. The summed E-state index contributed by atoms with van der Waals surface area (Å²) in [7, 11) is 0. The van der Waals surface area contributed by atoms with Crippen molar-refractivity contribution < 1.29 is 23.8 Å². The van der Waals surface area contributed by atoms with Crippen molar-refractivity contribution in [2.24, 2.45) is 28.6 Å². The standard InChI is InChI=1S/C31H37FN2O4S/c1-5-26(36)38-31(28(37)39-4)13-12-23-22-11-6-19-14-24-18(17-33-34(24)21-9-7-20(32)8-10-21)15-29(19,2)27(22)25(35)16-30(23,31)3/h7-10,14,17,22-23,25,27,35H,5-6,11-13,15-16H2,1-4H3/t22-,23-,25-,27+,29-,30-,31-/m0/s1. The first kappa shape index (κ1) is 26.8. The Morgan fingerprint density at radius 3 is 2.67 bits per heavy atom. The Hall–Kier alpha value is -2.45. The second kappa shape index (κ2) is 9.30. The van der Waals surface area contributed by atoms with E-state index in [2.05, 4.69) is 25.0 Å². The first-order chi connectivity index (χ1) is 18.6. The second-order valence-corrected chi connectivity index (χ2v) is 13.2. The van der Waals surface area contributed by atoms with Gasteiger partial charge in [0.25, 0.3) is 0 Å². The van der Waals surface area contributed by atoms with Gasteiger partial charge in [0.05, 0.1) is 23.7 Å². The summed E-state index contributed by atoms with van der Waals surface area (Å²) >= 11 is 1.13. The van der Waals surface area contributed by atoms with E-state index in [1.165, 1.54) is 17.7 Å². The van der Waals surface area contributed by atoms with E-state index in [4.69, 9.17) is 4.74 Å². The van der Waals surface area contributed by atoms with Crippen LogP contribution in [0.5, 0.6) is 0 Å². The number of fused-ring (bicyclic) bond motifs is 6. The van der Waals surface area contributed by atoms with E-state index in [0.717, 1.165) is 54.4 Å². The molecule has 2 aromatic rings. The van der Waals surface area contributed by atoms with Crippen LogP contribution < -0.4 is 0 Å². The quantitative estimate of drug-likeness (QED) is 0.487. The van der Waals surface area contributed by atoms with Gasteiger partial charge in [0.1, 0.15) is 5.82 Å². The summed E-state index contributed by atoms with van der Waals surface area (Å²) in [6.45, 7) is 6.12. The monoisotopic (exact) mass is 552 g/mol. The Kier molecular flexibility index (Phi) is 6.38. The highest BCUT2D eigenvalue weighted by Crippen LogP contribution is 2.68. The van der Waals surface area contributed by atoms with Gasteiger partial charge < -0.3 is 9.84 Å². The van der Waals surface area contributed by atoms with Crippen molar-refractivity contribution in [3.8, 4) is 5.69 Å². The molecule has 0 aliphatic heterocycles. The van der Waals surface area contributed by atoms with Gasteiger partial charge in [-0.2, -0.15) is 5.10 Å². The van der Waals surface area contributed by atoms with Gasteiger partial charge in [-0.25, -0.2) is 9.07 Å². The van der Waals surface area contributed by atoms with Crippen molar-refractivity contribution in [3.63, 3.8) is 0 Å². The van der Waals surface area contributed by atoms with Gasteiger partial charge in [0, 0.05) is 11.8 Å². The molecule has 208 valence electrons. The summed E-state index contributed by atoms with van der Waals surface area (Å²) in [6.07, 6.45) is 9.88. The van der Waals surface area contributed by atoms with Crippen LogP contribution in [0, 0.1) is 34.4 Å². The predicted octanol–water partition coefficient (Wildman–Crippen LogP) is 5.75. The normalized spacial score (nSPS) is 36.7. The van der Waals surface area contributed by atoms with E-state index in [9.17, 15) is 19.1 Å². The van der Waals surface area contributed by atoms with Crippen LogP contribution in [0.4, 0.5) is 4.39 Å². The molecule has 4 aliphatic carbocycles. The zero-order chi connectivity index (χ0) is 27.7. The lowest BCUT2D eigenvalue weighted by Crippen LogP contribution is -2.62. The smallest absolute Gasteiger partial charge is 0.306 e. The van der Waals surface area contributed by atoms with Gasteiger partial charge in [0.15, 0.2) is 5.60 Å². The third-order valence-electron chi connectivity index (χ3n) is 10.7. The number of benzene rings is 1. The van der Waals surface area contributed by atoms with Gasteiger partial charge >= 0.3 is 5.97 Å². The molecule has 1 aromatic heterocycles. The van der Waals surface area contributed by atoms with Crippen LogP contribution in [0.3, 0.4) is 0 Å². The van der Waals surface area contributed by atoms with E-state index in [1.54, 1.807) is 25.3 Å². The number of rotatable bonds is 4. The molecular formula is C31H37FN2O4S. The molecule has 3 saturated carbocycles. The van der Waals surface area contributed by atoms with Crippen LogP contribution >= 0.6 is 11.8 Å². The van der Waals surface area contributed by atoms with Crippen molar-refractivity contribution in [3.05, 3.63) is 53.1 Å². The van der Waals surface area contributed by atoms with Gasteiger partial charge in [-0.3, -0.25) is 9.59 Å². The Labute approximate surface area is 233 Å². The first-order valence-corrected chi connectivity index (χ1v) is 15.3. The summed E-state index contributed by atoms with van der Waals surface area (Å²) in [5.41, 5.74) is 2.27. The number of carbonyl (C=O) groups excluding carboxylic acids is 2. The first-order valence-electron chi connectivity index (χ1n) is 14.1. The molecule has 0 spiro atoms. The fourth-order valence-corrected chi connectivity index (χ4v) is 9.64. The van der Waals surface area contributed by atoms with E-state index in [0.29, 0.717) is 12.8 Å². The molecule has 3 fully saturated rings. The highest BCUT2D eigenvalue weighted by molar-refractivity contribution is 8.13. The third kappa shape index (κ3) is 3.73. The lowest BCUT2D eigenvalue weighted by Gasteiger charge is -2.60. The van der Waals surface area contributed by atoms with E-state index >= 15 is 0 Å². The molecule has 6 rings (SSSR count). The van der Waals surface area contributed by atoms with Gasteiger partial charge in [0.2, 0.25) is 5.12 Å². The van der Waals surface area contributed by atoms with E-state index < -0.39 is 17.1 Å². The lowest BCUT2D eigenvalue weighted by molar-refractivity contribution is -0.196. The molecule has 0 saturated heterocycles. The lowest BCUT2D eigenvalue weighted by atomic mass is 9.45. The molecule has 1 heterocycles. The van der Waals surface area contributed by atoms with Crippen LogP contribution in [-0.2, 0) is 20.7 Å². The number of esters is 1. The molecule has 0 radical (unpaired) electrons. The fraction of sp³-hybridized carbons (Fsp3) is 0.581. The Balaban J connectivity index is 1.36. The average molecular weight is 553 g/mol. The predicted molar refractivity (Wildman–Crippen MR) is 149 cm³/mol. The minimum absolute atomic E-state index is 0.0416. The van der Waals surface area contributed by atoms with Gasteiger partial charge in [-0.15, -0.1) is 0 Å². The molecular weight excluding hydrogens is 515 g/mol. The highest BCUT2D eigenvalue weighted by Gasteiger charge is 2.70. The number of nitrogens with zero attached hydrogens (tertiary/aromatic N) is 2.